The van der Waals surface area contributed by atoms with E-state index in [1.165, 1.54) is 53.2 Å². The van der Waals surface area contributed by atoms with Gasteiger partial charge >= 0.3 is 0 Å². The van der Waals surface area contributed by atoms with Gasteiger partial charge in [0.15, 0.2) is 5.82 Å². The van der Waals surface area contributed by atoms with Crippen molar-refractivity contribution in [2.75, 3.05) is 0 Å². The summed E-state index contributed by atoms with van der Waals surface area (Å²) < 4.78 is 2.58. The summed E-state index contributed by atoms with van der Waals surface area (Å²) in [5.74, 6) is 0.702. The maximum Gasteiger partial charge on any atom is 0.160 e. The molecule has 0 aliphatic carbocycles. The van der Waals surface area contributed by atoms with Crippen LogP contribution < -0.4 is 0 Å². The van der Waals surface area contributed by atoms with Gasteiger partial charge in [-0.15, -0.1) is 11.3 Å². The number of hydrogen-bond donors (Lipinski definition) is 0. The predicted molar refractivity (Wildman–Crippen MR) is 225 cm³/mol. The molecular weight excluding hydrogens is 661 g/mol. The Kier molecular flexibility index (Phi) is 7.71. The molecule has 0 bridgehead atoms. The van der Waals surface area contributed by atoms with Gasteiger partial charge in [-0.3, -0.25) is 0 Å². The van der Waals surface area contributed by atoms with Crippen LogP contribution in [0.3, 0.4) is 0 Å². The molecule has 2 heterocycles. The summed E-state index contributed by atoms with van der Waals surface area (Å²) in [7, 11) is 0. The molecule has 2 aromatic heterocycles. The molecule has 0 aliphatic heterocycles. The molecular formula is C50H32N2S. The average Bonchev–Trinajstić information content (AvgIpc) is 3.63. The average molecular weight is 693 g/mol. The molecule has 2 nitrogen and oxygen atoms in total. The van der Waals surface area contributed by atoms with Crippen molar-refractivity contribution < 1.29 is 0 Å². The molecule has 0 N–H and O–H groups in total. The highest BCUT2D eigenvalue weighted by molar-refractivity contribution is 7.25. The molecule has 0 radical (unpaired) electrons. The molecule has 10 aromatic rings. The molecule has 0 unspecified atom stereocenters. The van der Waals surface area contributed by atoms with Crippen LogP contribution in [0, 0.1) is 0 Å². The molecule has 0 saturated heterocycles. The third-order valence-corrected chi connectivity index (χ3v) is 11.2. The van der Waals surface area contributed by atoms with Crippen molar-refractivity contribution in [1.29, 1.82) is 0 Å². The smallest absolute Gasteiger partial charge is 0.160 e. The maximum absolute atomic E-state index is 5.32. The lowest BCUT2D eigenvalue weighted by molar-refractivity contribution is 1.18. The number of nitrogens with zero attached hydrogens (tertiary/aromatic N) is 2. The Morgan fingerprint density at radius 1 is 0.321 bits per heavy atom. The summed E-state index contributed by atoms with van der Waals surface area (Å²) in [6.45, 7) is 0. The predicted octanol–water partition coefficient (Wildman–Crippen LogP) is 14.0. The van der Waals surface area contributed by atoms with Gasteiger partial charge in [0.25, 0.3) is 0 Å². The first-order valence-corrected chi connectivity index (χ1v) is 18.7. The van der Waals surface area contributed by atoms with Crippen LogP contribution in [-0.2, 0) is 0 Å². The van der Waals surface area contributed by atoms with Crippen LogP contribution >= 0.6 is 11.3 Å². The van der Waals surface area contributed by atoms with E-state index in [-0.39, 0.29) is 0 Å². The van der Waals surface area contributed by atoms with Crippen LogP contribution in [0.5, 0.6) is 0 Å². The minimum Gasteiger partial charge on any atom is -0.228 e. The molecule has 10 rings (SSSR count). The second kappa shape index (κ2) is 13.1. The highest BCUT2D eigenvalue weighted by atomic mass is 32.1. The number of thiophene rings is 1. The zero-order chi connectivity index (χ0) is 35.1. The van der Waals surface area contributed by atoms with Crippen LogP contribution in [0.4, 0.5) is 0 Å². The van der Waals surface area contributed by atoms with Crippen molar-refractivity contribution in [2.45, 2.75) is 0 Å². The van der Waals surface area contributed by atoms with Gasteiger partial charge in [-0.1, -0.05) is 158 Å². The Morgan fingerprint density at radius 3 is 1.66 bits per heavy atom. The van der Waals surface area contributed by atoms with E-state index in [0.717, 1.165) is 39.2 Å². The maximum atomic E-state index is 5.32. The lowest BCUT2D eigenvalue weighted by Gasteiger charge is -2.16. The van der Waals surface area contributed by atoms with E-state index in [1.807, 2.05) is 29.5 Å². The molecule has 0 aliphatic rings. The lowest BCUT2D eigenvalue weighted by atomic mass is 9.89. The van der Waals surface area contributed by atoms with Crippen LogP contribution in [0.1, 0.15) is 0 Å². The van der Waals surface area contributed by atoms with Gasteiger partial charge < -0.3 is 0 Å². The van der Waals surface area contributed by atoms with Crippen LogP contribution in [0.2, 0.25) is 0 Å². The van der Waals surface area contributed by atoms with Crippen molar-refractivity contribution in [3.63, 3.8) is 0 Å². The minimum absolute atomic E-state index is 0.702. The normalized spacial score (nSPS) is 11.4. The Hall–Kier alpha value is -6.68. The Balaban J connectivity index is 1.26. The SMILES string of the molecule is c1ccc(-c2nc(-c3cc(-c4ccccc4-c4ccccc4)cc(-c4cccc5sc6ccccc6c45)c3)cc(-c3cccc4ccccc34)n2)cc1. The summed E-state index contributed by atoms with van der Waals surface area (Å²) >= 11 is 1.85. The summed E-state index contributed by atoms with van der Waals surface area (Å²) in [4.78, 5) is 10.5. The van der Waals surface area contributed by atoms with Gasteiger partial charge in [0.05, 0.1) is 11.4 Å². The summed E-state index contributed by atoms with van der Waals surface area (Å²) in [5, 5.41) is 4.92. The third-order valence-electron chi connectivity index (χ3n) is 10.1. The minimum atomic E-state index is 0.702. The standard InChI is InChI=1S/C50H32N2S/c1-3-15-33(16-4-1)39-21-9-10-23-41(39)36-29-37(42-25-14-28-48-49(42)44-24-11-12-27-47(44)53-48)31-38(30-36)45-32-46(52-50(51-45)35-18-5-2-6-19-35)43-26-13-20-34-17-7-8-22-40(34)43/h1-32H. The molecule has 8 aromatic carbocycles. The van der Waals surface area contributed by atoms with Gasteiger partial charge in [0, 0.05) is 36.9 Å². The fraction of sp³-hybridized carbons (Fsp3) is 0. The highest BCUT2D eigenvalue weighted by Crippen LogP contribution is 2.43. The summed E-state index contributed by atoms with van der Waals surface area (Å²) in [5.41, 5.74) is 12.0. The lowest BCUT2D eigenvalue weighted by Crippen LogP contribution is -1.97. The molecule has 53 heavy (non-hydrogen) atoms. The number of aromatic nitrogens is 2. The van der Waals surface area contributed by atoms with E-state index < -0.39 is 0 Å². The van der Waals surface area contributed by atoms with Crippen molar-refractivity contribution in [3.8, 4) is 67.3 Å². The van der Waals surface area contributed by atoms with E-state index in [9.17, 15) is 0 Å². The van der Waals surface area contributed by atoms with Crippen LogP contribution in [-0.4, -0.2) is 9.97 Å². The summed E-state index contributed by atoms with van der Waals surface area (Å²) in [6, 6.07) is 69.3. The zero-order valence-electron chi connectivity index (χ0n) is 28.8. The number of hydrogen-bond acceptors (Lipinski definition) is 3. The van der Waals surface area contributed by atoms with Crippen molar-refractivity contribution in [3.05, 3.63) is 194 Å². The van der Waals surface area contributed by atoms with Crippen molar-refractivity contribution in [1.82, 2.24) is 9.97 Å². The van der Waals surface area contributed by atoms with Gasteiger partial charge in [0.1, 0.15) is 0 Å². The van der Waals surface area contributed by atoms with Crippen molar-refractivity contribution in [2.24, 2.45) is 0 Å². The molecule has 0 atom stereocenters. The largest absolute Gasteiger partial charge is 0.228 e. The molecule has 3 heteroatoms. The quantitative estimate of drug-likeness (QED) is 0.173. The third kappa shape index (κ3) is 5.68. The first kappa shape index (κ1) is 31.1. The zero-order valence-corrected chi connectivity index (χ0v) is 29.6. The van der Waals surface area contributed by atoms with E-state index in [2.05, 4.69) is 176 Å². The Morgan fingerprint density at radius 2 is 0.849 bits per heavy atom. The van der Waals surface area contributed by atoms with Crippen LogP contribution in [0.15, 0.2) is 194 Å². The van der Waals surface area contributed by atoms with Crippen molar-refractivity contribution >= 4 is 42.3 Å². The van der Waals surface area contributed by atoms with Crippen LogP contribution in [0.25, 0.3) is 98.2 Å². The summed E-state index contributed by atoms with van der Waals surface area (Å²) in [6.07, 6.45) is 0. The van der Waals surface area contributed by atoms with E-state index in [1.54, 1.807) is 0 Å². The number of fused-ring (bicyclic) bond motifs is 4. The number of benzene rings is 8. The van der Waals surface area contributed by atoms with E-state index in [0.29, 0.717) is 5.82 Å². The highest BCUT2D eigenvalue weighted by Gasteiger charge is 2.18. The van der Waals surface area contributed by atoms with E-state index in [4.69, 9.17) is 9.97 Å². The Labute approximate surface area is 312 Å². The van der Waals surface area contributed by atoms with Gasteiger partial charge in [-0.2, -0.15) is 0 Å². The molecule has 248 valence electrons. The second-order valence-corrected chi connectivity index (χ2v) is 14.4. The topological polar surface area (TPSA) is 25.8 Å². The fourth-order valence-electron chi connectivity index (χ4n) is 7.60. The Bertz CT molecular complexity index is 2940. The fourth-order valence-corrected chi connectivity index (χ4v) is 8.74. The number of rotatable bonds is 6. The van der Waals surface area contributed by atoms with E-state index >= 15 is 0 Å². The molecule has 0 saturated carbocycles. The first-order chi connectivity index (χ1) is 26.3. The molecule has 0 fully saturated rings. The van der Waals surface area contributed by atoms with Gasteiger partial charge in [-0.25, -0.2) is 9.97 Å². The second-order valence-electron chi connectivity index (χ2n) is 13.3. The first-order valence-electron chi connectivity index (χ1n) is 17.9. The van der Waals surface area contributed by atoms with Gasteiger partial charge in [0.2, 0.25) is 0 Å². The molecule has 0 amide bonds. The monoisotopic (exact) mass is 692 g/mol. The molecule has 0 spiro atoms. The van der Waals surface area contributed by atoms with Gasteiger partial charge in [-0.05, 0) is 80.6 Å².